The van der Waals surface area contributed by atoms with Crippen molar-refractivity contribution in [2.45, 2.75) is 12.6 Å². The van der Waals surface area contributed by atoms with Crippen molar-refractivity contribution in [1.82, 2.24) is 15.5 Å². The highest BCUT2D eigenvalue weighted by Crippen LogP contribution is 2.38. The molecule has 2 rings (SSSR count). The molecule has 178 valence electrons. The van der Waals surface area contributed by atoms with E-state index in [9.17, 15) is 8.78 Å². The van der Waals surface area contributed by atoms with Crippen LogP contribution in [-0.4, -0.2) is 59.9 Å². The molecule has 0 spiro atoms. The van der Waals surface area contributed by atoms with Crippen LogP contribution >= 0.6 is 24.0 Å². The first kappa shape index (κ1) is 27.7. The van der Waals surface area contributed by atoms with E-state index in [1.165, 1.54) is 18.2 Å². The summed E-state index contributed by atoms with van der Waals surface area (Å²) in [6.07, 6.45) is 0. The number of benzene rings is 2. The van der Waals surface area contributed by atoms with Crippen LogP contribution in [0.1, 0.15) is 17.2 Å². The molecule has 0 amide bonds. The minimum atomic E-state index is -0.583. The molecule has 0 fully saturated rings. The number of nitrogens with one attached hydrogen (secondary N) is 2. The number of hydrogen-bond donors (Lipinski definition) is 2. The second-order valence-electron chi connectivity index (χ2n) is 6.95. The summed E-state index contributed by atoms with van der Waals surface area (Å²) in [6, 6.07) is 7.00. The van der Waals surface area contributed by atoms with Crippen molar-refractivity contribution < 1.29 is 23.0 Å². The number of halogens is 3. The number of methoxy groups -OCH3 is 3. The van der Waals surface area contributed by atoms with E-state index in [0.717, 1.165) is 5.56 Å². The van der Waals surface area contributed by atoms with Gasteiger partial charge < -0.3 is 29.7 Å². The summed E-state index contributed by atoms with van der Waals surface area (Å²) in [5.41, 5.74) is 0.891. The maximum atomic E-state index is 14.3. The van der Waals surface area contributed by atoms with Gasteiger partial charge in [0, 0.05) is 25.7 Å². The van der Waals surface area contributed by atoms with Crippen LogP contribution in [0.25, 0.3) is 0 Å². The lowest BCUT2D eigenvalue weighted by Gasteiger charge is -2.26. The normalized spacial score (nSPS) is 12.1. The van der Waals surface area contributed by atoms with Gasteiger partial charge in [0.2, 0.25) is 5.75 Å². The van der Waals surface area contributed by atoms with Crippen LogP contribution in [0.4, 0.5) is 8.78 Å². The van der Waals surface area contributed by atoms with Gasteiger partial charge in [0.25, 0.3) is 0 Å². The minimum absolute atomic E-state index is 0. The molecule has 2 N–H and O–H groups in total. The Hall–Kier alpha value is -2.34. The summed E-state index contributed by atoms with van der Waals surface area (Å²) in [5.74, 6) is 0.921. The van der Waals surface area contributed by atoms with Gasteiger partial charge in [0.05, 0.1) is 27.4 Å². The molecule has 0 saturated heterocycles. The van der Waals surface area contributed by atoms with Crippen LogP contribution in [0.15, 0.2) is 35.3 Å². The van der Waals surface area contributed by atoms with Crippen molar-refractivity contribution in [2.75, 3.05) is 49.0 Å². The quantitative estimate of drug-likeness (QED) is 0.276. The molecule has 2 aromatic rings. The van der Waals surface area contributed by atoms with Crippen LogP contribution in [0.2, 0.25) is 0 Å². The third-order valence-corrected chi connectivity index (χ3v) is 4.83. The Labute approximate surface area is 205 Å². The predicted molar refractivity (Wildman–Crippen MR) is 133 cm³/mol. The zero-order chi connectivity index (χ0) is 23.0. The van der Waals surface area contributed by atoms with Gasteiger partial charge in [-0.2, -0.15) is 0 Å². The lowest BCUT2D eigenvalue weighted by Crippen LogP contribution is -2.41. The molecule has 0 aliphatic carbocycles. The summed E-state index contributed by atoms with van der Waals surface area (Å²) < 4.78 is 44.6. The molecule has 1 unspecified atom stereocenters. The first-order chi connectivity index (χ1) is 14.9. The summed E-state index contributed by atoms with van der Waals surface area (Å²) in [5, 5.41) is 6.31. The molecule has 0 heterocycles. The SMILES string of the molecule is CN=C(NCc1cc(OC)c(OC)c(OC)c1)NCC(c1c(F)cccc1F)N(C)C.I. The Morgan fingerprint density at radius 1 is 1.00 bits per heavy atom. The van der Waals surface area contributed by atoms with Crippen molar-refractivity contribution in [3.05, 3.63) is 53.1 Å². The minimum Gasteiger partial charge on any atom is -0.493 e. The lowest BCUT2D eigenvalue weighted by molar-refractivity contribution is 0.282. The second kappa shape index (κ2) is 13.3. The van der Waals surface area contributed by atoms with Crippen LogP contribution < -0.4 is 24.8 Å². The second-order valence-corrected chi connectivity index (χ2v) is 6.95. The molecule has 7 nitrogen and oxygen atoms in total. The van der Waals surface area contributed by atoms with E-state index in [4.69, 9.17) is 14.2 Å². The highest BCUT2D eigenvalue weighted by molar-refractivity contribution is 14.0. The Bertz CT molecular complexity index is 867. The molecular formula is C22H31F2IN4O3. The maximum Gasteiger partial charge on any atom is 0.203 e. The largest absolute Gasteiger partial charge is 0.493 e. The highest BCUT2D eigenvalue weighted by atomic mass is 127. The third kappa shape index (κ3) is 6.83. The van der Waals surface area contributed by atoms with Gasteiger partial charge in [-0.15, -0.1) is 24.0 Å². The van der Waals surface area contributed by atoms with Crippen LogP contribution in [0, 0.1) is 11.6 Å². The zero-order valence-electron chi connectivity index (χ0n) is 19.2. The molecule has 1 atom stereocenters. The van der Waals surface area contributed by atoms with Crippen LogP contribution in [-0.2, 0) is 6.54 Å². The number of nitrogens with zero attached hydrogens (tertiary/aromatic N) is 2. The fraction of sp³-hybridized carbons (Fsp3) is 0.409. The molecular weight excluding hydrogens is 533 g/mol. The van der Waals surface area contributed by atoms with E-state index in [-0.39, 0.29) is 36.1 Å². The van der Waals surface area contributed by atoms with E-state index in [1.54, 1.807) is 47.4 Å². The van der Waals surface area contributed by atoms with Gasteiger partial charge in [0.15, 0.2) is 17.5 Å². The smallest absolute Gasteiger partial charge is 0.203 e. The van der Waals surface area contributed by atoms with Crippen molar-refractivity contribution in [3.63, 3.8) is 0 Å². The van der Waals surface area contributed by atoms with Crippen molar-refractivity contribution in [3.8, 4) is 17.2 Å². The molecule has 32 heavy (non-hydrogen) atoms. The first-order valence-electron chi connectivity index (χ1n) is 9.69. The van der Waals surface area contributed by atoms with Gasteiger partial charge >= 0.3 is 0 Å². The number of ether oxygens (including phenoxy) is 3. The maximum absolute atomic E-state index is 14.3. The van der Waals surface area contributed by atoms with Gasteiger partial charge in [-0.25, -0.2) is 8.78 Å². The molecule has 0 bridgehead atoms. The Balaban J connectivity index is 0.00000512. The first-order valence-corrected chi connectivity index (χ1v) is 9.69. The van der Waals surface area contributed by atoms with Crippen LogP contribution in [0.5, 0.6) is 17.2 Å². The van der Waals surface area contributed by atoms with Crippen LogP contribution in [0.3, 0.4) is 0 Å². The average Bonchev–Trinajstić information content (AvgIpc) is 2.76. The molecule has 0 aliphatic heterocycles. The zero-order valence-corrected chi connectivity index (χ0v) is 21.5. The van der Waals surface area contributed by atoms with Crippen molar-refractivity contribution in [2.24, 2.45) is 4.99 Å². The fourth-order valence-corrected chi connectivity index (χ4v) is 3.21. The summed E-state index contributed by atoms with van der Waals surface area (Å²) in [4.78, 5) is 5.94. The van der Waals surface area contributed by atoms with Gasteiger partial charge in [-0.1, -0.05) is 6.07 Å². The third-order valence-electron chi connectivity index (χ3n) is 4.83. The number of guanidine groups is 1. The molecule has 0 radical (unpaired) electrons. The standard InChI is InChI=1S/C22H30F2N4O3.HI/c1-25-22(26-12-14-10-18(29-4)21(31-6)19(11-14)30-5)27-13-17(28(2)3)20-15(23)8-7-9-16(20)24;/h7-11,17H,12-13H2,1-6H3,(H2,25,26,27);1H. The Kier molecular flexibility index (Phi) is 11.5. The topological polar surface area (TPSA) is 67.4 Å². The number of rotatable bonds is 9. The summed E-state index contributed by atoms with van der Waals surface area (Å²) in [6.45, 7) is 0.664. The molecule has 0 aliphatic rings. The van der Waals surface area contributed by atoms with Crippen molar-refractivity contribution in [1.29, 1.82) is 0 Å². The summed E-state index contributed by atoms with van der Waals surface area (Å²) >= 11 is 0. The lowest BCUT2D eigenvalue weighted by atomic mass is 10.0. The fourth-order valence-electron chi connectivity index (χ4n) is 3.21. The Morgan fingerprint density at radius 3 is 2.00 bits per heavy atom. The van der Waals surface area contributed by atoms with E-state index in [2.05, 4.69) is 15.6 Å². The molecule has 10 heteroatoms. The van der Waals surface area contributed by atoms with E-state index < -0.39 is 17.7 Å². The van der Waals surface area contributed by atoms with E-state index in [0.29, 0.717) is 29.8 Å². The average molecular weight is 564 g/mol. The number of likely N-dealkylation sites (N-methyl/N-ethyl adjacent to an activating group) is 1. The monoisotopic (exact) mass is 564 g/mol. The molecule has 2 aromatic carbocycles. The number of hydrogen-bond acceptors (Lipinski definition) is 5. The van der Waals surface area contributed by atoms with E-state index >= 15 is 0 Å². The van der Waals surface area contributed by atoms with Gasteiger partial charge in [-0.05, 0) is 43.9 Å². The van der Waals surface area contributed by atoms with Gasteiger partial charge in [0.1, 0.15) is 11.6 Å². The van der Waals surface area contributed by atoms with Crippen molar-refractivity contribution >= 4 is 29.9 Å². The highest BCUT2D eigenvalue weighted by Gasteiger charge is 2.22. The molecule has 0 aromatic heterocycles. The Morgan fingerprint density at radius 2 is 1.56 bits per heavy atom. The summed E-state index contributed by atoms with van der Waals surface area (Å²) in [7, 11) is 9.81. The molecule has 0 saturated carbocycles. The van der Waals surface area contributed by atoms with E-state index in [1.807, 2.05) is 12.1 Å². The predicted octanol–water partition coefficient (Wildman–Crippen LogP) is 3.58. The number of aliphatic imine (C=N–C) groups is 1. The van der Waals surface area contributed by atoms with Gasteiger partial charge in [-0.3, -0.25) is 4.99 Å².